The van der Waals surface area contributed by atoms with E-state index in [1.54, 1.807) is 47.5 Å². The third-order valence-electron chi connectivity index (χ3n) is 4.28. The molecule has 2 aromatic rings. The van der Waals surface area contributed by atoms with E-state index in [0.29, 0.717) is 43.4 Å². The van der Waals surface area contributed by atoms with Crippen molar-refractivity contribution in [1.82, 2.24) is 9.88 Å². The number of hydrogen-bond donors (Lipinski definition) is 0. The molecule has 2 heterocycles. The first-order chi connectivity index (χ1) is 13.7. The summed E-state index contributed by atoms with van der Waals surface area (Å²) >= 11 is 0. The quantitative estimate of drug-likeness (QED) is 0.540. The van der Waals surface area contributed by atoms with Crippen LogP contribution < -0.4 is 9.47 Å². The maximum absolute atomic E-state index is 12.2. The second kappa shape index (κ2) is 9.66. The molecular formula is C21H22N2O5. The van der Waals surface area contributed by atoms with Gasteiger partial charge in [-0.2, -0.15) is 0 Å². The summed E-state index contributed by atoms with van der Waals surface area (Å²) in [5, 5.41) is 0. The third kappa shape index (κ3) is 5.17. The average Bonchev–Trinajstić information content (AvgIpc) is 2.77. The first-order valence-electron chi connectivity index (χ1n) is 8.96. The van der Waals surface area contributed by atoms with Crippen molar-refractivity contribution in [3.05, 3.63) is 59.9 Å². The van der Waals surface area contributed by atoms with E-state index in [-0.39, 0.29) is 18.3 Å². The lowest BCUT2D eigenvalue weighted by Gasteiger charge is -2.26. The SMILES string of the molecule is COc1cc(/C=C/C(=O)c2cccnc2)ccc1OCC(=O)N1CCOCC1. The molecule has 0 spiro atoms. The number of amides is 1. The van der Waals surface area contributed by atoms with Gasteiger partial charge in [0.15, 0.2) is 23.9 Å². The fraction of sp³-hybridized carbons (Fsp3) is 0.286. The number of aromatic nitrogens is 1. The fourth-order valence-corrected chi connectivity index (χ4v) is 2.73. The average molecular weight is 382 g/mol. The molecule has 0 radical (unpaired) electrons. The molecule has 28 heavy (non-hydrogen) atoms. The molecule has 1 aliphatic rings. The van der Waals surface area contributed by atoms with Crippen LogP contribution in [0.25, 0.3) is 6.08 Å². The van der Waals surface area contributed by atoms with Crippen molar-refractivity contribution in [2.45, 2.75) is 0 Å². The van der Waals surface area contributed by atoms with Gasteiger partial charge in [-0.05, 0) is 35.9 Å². The summed E-state index contributed by atoms with van der Waals surface area (Å²) in [5.74, 6) is 0.741. The van der Waals surface area contributed by atoms with E-state index in [4.69, 9.17) is 14.2 Å². The standard InChI is InChI=1S/C21H22N2O5/c1-26-20-13-16(4-6-18(24)17-3-2-8-22-14-17)5-7-19(20)28-15-21(25)23-9-11-27-12-10-23/h2-8,13-14H,9-12,15H2,1H3/b6-4+. The Bertz CT molecular complexity index is 845. The number of benzene rings is 1. The van der Waals surface area contributed by atoms with Gasteiger partial charge in [0, 0.05) is 31.0 Å². The minimum atomic E-state index is -0.136. The largest absolute Gasteiger partial charge is 0.493 e. The van der Waals surface area contributed by atoms with Crippen molar-refractivity contribution in [1.29, 1.82) is 0 Å². The molecule has 1 aromatic heterocycles. The minimum Gasteiger partial charge on any atom is -0.493 e. The molecule has 1 aliphatic heterocycles. The lowest BCUT2D eigenvalue weighted by atomic mass is 10.1. The van der Waals surface area contributed by atoms with Gasteiger partial charge in [0.1, 0.15) is 0 Å². The Hall–Kier alpha value is -3.19. The Morgan fingerprint density at radius 1 is 1.21 bits per heavy atom. The Morgan fingerprint density at radius 2 is 2.04 bits per heavy atom. The number of methoxy groups -OCH3 is 1. The van der Waals surface area contributed by atoms with Crippen LogP contribution in [0.15, 0.2) is 48.8 Å². The van der Waals surface area contributed by atoms with Gasteiger partial charge < -0.3 is 19.1 Å². The number of pyridine rings is 1. The Balaban J connectivity index is 1.62. The highest BCUT2D eigenvalue weighted by atomic mass is 16.5. The Labute approximate surface area is 163 Å². The number of ketones is 1. The molecule has 0 bridgehead atoms. The summed E-state index contributed by atoms with van der Waals surface area (Å²) in [6.45, 7) is 2.19. The van der Waals surface area contributed by atoms with Crippen molar-refractivity contribution >= 4 is 17.8 Å². The zero-order chi connectivity index (χ0) is 19.8. The number of morpholine rings is 1. The van der Waals surface area contributed by atoms with Gasteiger partial charge in [-0.25, -0.2) is 0 Å². The molecule has 0 atom stereocenters. The van der Waals surface area contributed by atoms with Gasteiger partial charge in [0.05, 0.1) is 20.3 Å². The van der Waals surface area contributed by atoms with Crippen LogP contribution in [0.3, 0.4) is 0 Å². The normalized spacial score (nSPS) is 14.1. The van der Waals surface area contributed by atoms with Gasteiger partial charge in [0.25, 0.3) is 5.91 Å². The summed E-state index contributed by atoms with van der Waals surface area (Å²) in [5.41, 5.74) is 1.30. The summed E-state index contributed by atoms with van der Waals surface area (Å²) in [6, 6.07) is 8.70. The van der Waals surface area contributed by atoms with Gasteiger partial charge in [-0.15, -0.1) is 0 Å². The molecule has 0 aliphatic carbocycles. The van der Waals surface area contributed by atoms with Gasteiger partial charge in [-0.3, -0.25) is 14.6 Å². The highest BCUT2D eigenvalue weighted by molar-refractivity contribution is 6.06. The van der Waals surface area contributed by atoms with E-state index in [1.165, 1.54) is 19.4 Å². The predicted octanol–water partition coefficient (Wildman–Crippen LogP) is 2.22. The smallest absolute Gasteiger partial charge is 0.260 e. The minimum absolute atomic E-state index is 0.0644. The molecule has 0 saturated carbocycles. The van der Waals surface area contributed by atoms with Crippen molar-refractivity contribution in [3.63, 3.8) is 0 Å². The van der Waals surface area contributed by atoms with Crippen LogP contribution in [0, 0.1) is 0 Å². The molecule has 0 N–H and O–H groups in total. The topological polar surface area (TPSA) is 78.0 Å². The van der Waals surface area contributed by atoms with Crippen LogP contribution in [-0.4, -0.2) is 61.6 Å². The number of nitrogens with zero attached hydrogens (tertiary/aromatic N) is 2. The predicted molar refractivity (Wildman–Crippen MR) is 103 cm³/mol. The molecule has 1 aromatic carbocycles. The van der Waals surface area contributed by atoms with Crippen LogP contribution in [0.5, 0.6) is 11.5 Å². The van der Waals surface area contributed by atoms with E-state index < -0.39 is 0 Å². The molecule has 3 rings (SSSR count). The van der Waals surface area contributed by atoms with E-state index in [9.17, 15) is 9.59 Å². The molecule has 7 heteroatoms. The van der Waals surface area contributed by atoms with Crippen LogP contribution in [-0.2, 0) is 9.53 Å². The zero-order valence-electron chi connectivity index (χ0n) is 15.7. The molecule has 0 unspecified atom stereocenters. The number of carbonyl (C=O) groups is 2. The van der Waals surface area contributed by atoms with E-state index >= 15 is 0 Å². The lowest BCUT2D eigenvalue weighted by Crippen LogP contribution is -2.43. The van der Waals surface area contributed by atoms with Crippen LogP contribution in [0.4, 0.5) is 0 Å². The molecule has 146 valence electrons. The monoisotopic (exact) mass is 382 g/mol. The maximum Gasteiger partial charge on any atom is 0.260 e. The lowest BCUT2D eigenvalue weighted by molar-refractivity contribution is -0.137. The van der Waals surface area contributed by atoms with Crippen molar-refractivity contribution in [2.24, 2.45) is 0 Å². The first-order valence-corrected chi connectivity index (χ1v) is 8.96. The Kier molecular flexibility index (Phi) is 6.75. The second-order valence-corrected chi connectivity index (χ2v) is 6.13. The van der Waals surface area contributed by atoms with Crippen molar-refractivity contribution in [3.8, 4) is 11.5 Å². The molecular weight excluding hydrogens is 360 g/mol. The van der Waals surface area contributed by atoms with Gasteiger partial charge in [0.2, 0.25) is 0 Å². The third-order valence-corrected chi connectivity index (χ3v) is 4.28. The van der Waals surface area contributed by atoms with Crippen molar-refractivity contribution < 1.29 is 23.8 Å². The summed E-state index contributed by atoms with van der Waals surface area (Å²) in [7, 11) is 1.53. The number of ether oxygens (including phenoxy) is 3. The number of rotatable bonds is 7. The molecule has 1 fully saturated rings. The van der Waals surface area contributed by atoms with Gasteiger partial charge >= 0.3 is 0 Å². The van der Waals surface area contributed by atoms with Crippen LogP contribution in [0.2, 0.25) is 0 Å². The summed E-state index contributed by atoms with van der Waals surface area (Å²) in [4.78, 5) is 30.0. The number of allylic oxidation sites excluding steroid dienone is 1. The highest BCUT2D eigenvalue weighted by Gasteiger charge is 2.18. The number of carbonyl (C=O) groups excluding carboxylic acids is 2. The highest BCUT2D eigenvalue weighted by Crippen LogP contribution is 2.28. The van der Waals surface area contributed by atoms with Gasteiger partial charge in [-0.1, -0.05) is 12.1 Å². The van der Waals surface area contributed by atoms with Crippen molar-refractivity contribution in [2.75, 3.05) is 40.0 Å². The molecule has 1 saturated heterocycles. The van der Waals surface area contributed by atoms with E-state index in [1.807, 2.05) is 0 Å². The Morgan fingerprint density at radius 3 is 2.75 bits per heavy atom. The van der Waals surface area contributed by atoms with E-state index in [2.05, 4.69) is 4.98 Å². The molecule has 7 nitrogen and oxygen atoms in total. The van der Waals surface area contributed by atoms with Crippen LogP contribution >= 0.6 is 0 Å². The maximum atomic E-state index is 12.2. The summed E-state index contributed by atoms with van der Waals surface area (Å²) < 4.78 is 16.2. The first kappa shape index (κ1) is 19.6. The fourth-order valence-electron chi connectivity index (χ4n) is 2.73. The van der Waals surface area contributed by atoms with E-state index in [0.717, 1.165) is 5.56 Å². The van der Waals surface area contributed by atoms with Crippen LogP contribution in [0.1, 0.15) is 15.9 Å². The summed E-state index contributed by atoms with van der Waals surface area (Å²) in [6.07, 6.45) is 6.32. The molecule has 1 amide bonds. The second-order valence-electron chi connectivity index (χ2n) is 6.13. The zero-order valence-corrected chi connectivity index (χ0v) is 15.7. The number of hydrogen-bond acceptors (Lipinski definition) is 6.